The Labute approximate surface area is 169 Å². The molecule has 0 N–H and O–H groups in total. The summed E-state index contributed by atoms with van der Waals surface area (Å²) in [7, 11) is 0. The molecular weight excluding hydrogens is 360 g/mol. The first-order valence-corrected chi connectivity index (χ1v) is 9.70. The monoisotopic (exact) mass is 382 g/mol. The van der Waals surface area contributed by atoms with Crippen LogP contribution in [0.2, 0.25) is 0 Å². The predicted molar refractivity (Wildman–Crippen MR) is 114 cm³/mol. The highest BCUT2D eigenvalue weighted by atomic mass is 16.1. The molecule has 0 saturated carbocycles. The molecular formula is C24H22N4O. The molecule has 0 aliphatic heterocycles. The fraction of sp³-hybridized carbons (Fsp3) is 0.208. The summed E-state index contributed by atoms with van der Waals surface area (Å²) in [5, 5.41) is 14.9. The summed E-state index contributed by atoms with van der Waals surface area (Å²) in [4.78, 5) is 13.0. The van der Waals surface area contributed by atoms with Crippen molar-refractivity contribution in [1.29, 1.82) is 5.26 Å². The maximum Gasteiger partial charge on any atom is 0.252 e. The molecule has 2 aromatic heterocycles. The molecule has 0 aliphatic rings. The highest BCUT2D eigenvalue weighted by molar-refractivity contribution is 5.83. The number of aryl methyl sites for hydroxylation is 3. The topological polar surface area (TPSA) is 63.6 Å². The van der Waals surface area contributed by atoms with Crippen LogP contribution in [0.3, 0.4) is 0 Å². The van der Waals surface area contributed by atoms with Gasteiger partial charge in [0.1, 0.15) is 5.65 Å². The number of nitrogens with zero attached hydrogens (tertiary/aromatic N) is 4. The van der Waals surface area contributed by atoms with Gasteiger partial charge in [0.25, 0.3) is 5.56 Å². The average molecular weight is 382 g/mol. The van der Waals surface area contributed by atoms with Gasteiger partial charge in [0.2, 0.25) is 0 Å². The zero-order valence-electron chi connectivity index (χ0n) is 16.8. The van der Waals surface area contributed by atoms with Crippen molar-refractivity contribution in [2.75, 3.05) is 0 Å². The molecule has 0 atom stereocenters. The normalized spacial score (nSPS) is 11.0. The van der Waals surface area contributed by atoms with E-state index in [1.807, 2.05) is 48.9 Å². The Morgan fingerprint density at radius 3 is 2.48 bits per heavy atom. The van der Waals surface area contributed by atoms with Gasteiger partial charge >= 0.3 is 0 Å². The molecule has 5 heteroatoms. The molecule has 0 bridgehead atoms. The van der Waals surface area contributed by atoms with E-state index >= 15 is 0 Å². The van der Waals surface area contributed by atoms with Gasteiger partial charge in [-0.25, -0.2) is 4.68 Å². The number of nitriles is 1. The number of fused-ring (bicyclic) bond motifs is 1. The fourth-order valence-corrected chi connectivity index (χ4v) is 3.79. The lowest BCUT2D eigenvalue weighted by atomic mass is 10.1. The number of aromatic nitrogens is 3. The molecule has 4 aromatic rings. The van der Waals surface area contributed by atoms with Crippen LogP contribution in [0.1, 0.15) is 34.9 Å². The highest BCUT2D eigenvalue weighted by Gasteiger charge is 2.17. The maximum atomic E-state index is 13.0. The van der Waals surface area contributed by atoms with E-state index in [0.717, 1.165) is 40.0 Å². The third-order valence-corrected chi connectivity index (χ3v) is 5.28. The molecule has 0 spiro atoms. The molecule has 4 rings (SSSR count). The standard InChI is InChI=1S/C24H22N4O/c1-4-18-8-10-21(11-9-18)28-24-23(17(3)26-28)16(2)12-22(29)27(24)15-20-7-5-6-19(13-20)14-25/h5-13H,4,15H2,1-3H3. The molecule has 0 radical (unpaired) electrons. The molecule has 5 nitrogen and oxygen atoms in total. The van der Waals surface area contributed by atoms with Crippen LogP contribution < -0.4 is 5.56 Å². The minimum atomic E-state index is -0.0799. The van der Waals surface area contributed by atoms with Crippen LogP contribution in [-0.2, 0) is 13.0 Å². The van der Waals surface area contributed by atoms with E-state index in [9.17, 15) is 10.1 Å². The van der Waals surface area contributed by atoms with Gasteiger partial charge in [0.05, 0.1) is 29.6 Å². The van der Waals surface area contributed by atoms with Crippen molar-refractivity contribution in [2.24, 2.45) is 0 Å². The van der Waals surface area contributed by atoms with Crippen LogP contribution in [0.4, 0.5) is 0 Å². The number of hydrogen-bond acceptors (Lipinski definition) is 3. The molecule has 2 heterocycles. The van der Waals surface area contributed by atoms with Crippen molar-refractivity contribution in [3.63, 3.8) is 0 Å². The van der Waals surface area contributed by atoms with Crippen molar-refractivity contribution in [2.45, 2.75) is 33.7 Å². The average Bonchev–Trinajstić information content (AvgIpc) is 3.09. The molecule has 29 heavy (non-hydrogen) atoms. The van der Waals surface area contributed by atoms with Gasteiger partial charge in [-0.15, -0.1) is 0 Å². The Kier molecular flexibility index (Phi) is 4.77. The quantitative estimate of drug-likeness (QED) is 0.529. The van der Waals surface area contributed by atoms with Gasteiger partial charge in [-0.05, 0) is 61.2 Å². The summed E-state index contributed by atoms with van der Waals surface area (Å²) in [5.74, 6) is 0. The van der Waals surface area contributed by atoms with Crippen LogP contribution in [-0.4, -0.2) is 14.3 Å². The third kappa shape index (κ3) is 3.34. The van der Waals surface area contributed by atoms with Gasteiger partial charge in [-0.3, -0.25) is 9.36 Å². The van der Waals surface area contributed by atoms with Crippen molar-refractivity contribution >= 4 is 11.0 Å². The Morgan fingerprint density at radius 1 is 1.03 bits per heavy atom. The molecule has 0 aliphatic carbocycles. The summed E-state index contributed by atoms with van der Waals surface area (Å²) in [6.45, 7) is 6.42. The SMILES string of the molecule is CCc1ccc(-n2nc(C)c3c(C)cc(=O)n(Cc4cccc(C#N)c4)c32)cc1. The molecule has 0 saturated heterocycles. The smallest absolute Gasteiger partial charge is 0.252 e. The number of pyridine rings is 1. The van der Waals surface area contributed by atoms with Crippen LogP contribution in [0.5, 0.6) is 0 Å². The van der Waals surface area contributed by atoms with Crippen LogP contribution >= 0.6 is 0 Å². The number of rotatable bonds is 4. The Bertz CT molecular complexity index is 1300. The van der Waals surface area contributed by atoms with Crippen molar-refractivity contribution in [3.8, 4) is 11.8 Å². The second-order valence-electron chi connectivity index (χ2n) is 7.28. The van der Waals surface area contributed by atoms with Gasteiger partial charge in [-0.1, -0.05) is 31.2 Å². The number of benzene rings is 2. The van der Waals surface area contributed by atoms with E-state index in [1.54, 1.807) is 16.7 Å². The second kappa shape index (κ2) is 7.40. The predicted octanol–water partition coefficient (Wildman–Crippen LogP) is 4.29. The third-order valence-electron chi connectivity index (χ3n) is 5.28. The van der Waals surface area contributed by atoms with Crippen LogP contribution in [0.15, 0.2) is 59.4 Å². The van der Waals surface area contributed by atoms with Crippen LogP contribution in [0, 0.1) is 25.2 Å². The minimum Gasteiger partial charge on any atom is -0.288 e. The van der Waals surface area contributed by atoms with E-state index in [1.165, 1.54) is 5.56 Å². The van der Waals surface area contributed by atoms with E-state index in [2.05, 4.69) is 25.1 Å². The van der Waals surface area contributed by atoms with E-state index in [-0.39, 0.29) is 5.56 Å². The summed E-state index contributed by atoms with van der Waals surface area (Å²) >= 11 is 0. The summed E-state index contributed by atoms with van der Waals surface area (Å²) in [5.41, 5.74) is 6.16. The molecule has 0 fully saturated rings. The summed E-state index contributed by atoms with van der Waals surface area (Å²) in [6, 6.07) is 19.4. The lowest BCUT2D eigenvalue weighted by Crippen LogP contribution is -2.22. The fourth-order valence-electron chi connectivity index (χ4n) is 3.79. The van der Waals surface area contributed by atoms with E-state index in [4.69, 9.17) is 5.10 Å². The van der Waals surface area contributed by atoms with Gasteiger partial charge < -0.3 is 0 Å². The van der Waals surface area contributed by atoms with Crippen molar-refractivity contribution in [1.82, 2.24) is 14.3 Å². The molecule has 2 aromatic carbocycles. The molecule has 144 valence electrons. The van der Waals surface area contributed by atoms with Gasteiger partial charge in [0.15, 0.2) is 0 Å². The summed E-state index contributed by atoms with van der Waals surface area (Å²) in [6.07, 6.45) is 0.970. The largest absolute Gasteiger partial charge is 0.288 e. The number of hydrogen-bond donors (Lipinski definition) is 0. The first kappa shape index (κ1) is 18.7. The minimum absolute atomic E-state index is 0.0799. The highest BCUT2D eigenvalue weighted by Crippen LogP contribution is 2.24. The van der Waals surface area contributed by atoms with Crippen molar-refractivity contribution in [3.05, 3.63) is 92.9 Å². The molecule has 0 unspecified atom stereocenters. The lowest BCUT2D eigenvalue weighted by molar-refractivity contribution is 0.750. The second-order valence-corrected chi connectivity index (χ2v) is 7.28. The zero-order valence-corrected chi connectivity index (χ0v) is 16.8. The van der Waals surface area contributed by atoms with E-state index in [0.29, 0.717) is 12.1 Å². The first-order valence-electron chi connectivity index (χ1n) is 9.70. The van der Waals surface area contributed by atoms with Crippen LogP contribution in [0.25, 0.3) is 16.7 Å². The van der Waals surface area contributed by atoms with Crippen molar-refractivity contribution < 1.29 is 0 Å². The van der Waals surface area contributed by atoms with Gasteiger partial charge in [0, 0.05) is 11.5 Å². The lowest BCUT2D eigenvalue weighted by Gasteiger charge is -2.13. The Morgan fingerprint density at radius 2 is 1.79 bits per heavy atom. The molecule has 0 amide bonds. The maximum absolute atomic E-state index is 13.0. The zero-order chi connectivity index (χ0) is 20.5. The first-order chi connectivity index (χ1) is 14.0. The van der Waals surface area contributed by atoms with Gasteiger partial charge in [-0.2, -0.15) is 10.4 Å². The Hall–Kier alpha value is -3.65. The summed E-state index contributed by atoms with van der Waals surface area (Å²) < 4.78 is 3.60. The Balaban J connectivity index is 1.96. The van der Waals surface area contributed by atoms with E-state index < -0.39 is 0 Å².